The van der Waals surface area contributed by atoms with Crippen molar-refractivity contribution in [2.75, 3.05) is 27.2 Å². The van der Waals surface area contributed by atoms with Crippen molar-refractivity contribution in [1.29, 1.82) is 0 Å². The van der Waals surface area contributed by atoms with Gasteiger partial charge in [0.05, 0.1) is 27.2 Å². The third kappa shape index (κ3) is 6.20. The van der Waals surface area contributed by atoms with E-state index >= 15 is 0 Å². The van der Waals surface area contributed by atoms with Crippen LogP contribution >= 0.6 is 0 Å². The molecule has 1 nitrogen and oxygen atoms in total. The minimum atomic E-state index is 0.893. The molecule has 1 atom stereocenters. The Bertz CT molecular complexity index is 149. The van der Waals surface area contributed by atoms with Gasteiger partial charge in [0, 0.05) is 5.92 Å². The first-order valence-electron chi connectivity index (χ1n) is 5.98. The van der Waals surface area contributed by atoms with Crippen LogP contribution in [-0.2, 0) is 0 Å². The van der Waals surface area contributed by atoms with Crippen molar-refractivity contribution in [2.24, 2.45) is 5.92 Å². The average molecular weight is 198 g/mol. The van der Waals surface area contributed by atoms with Crippen LogP contribution in [0, 0.1) is 5.92 Å². The molecule has 0 saturated heterocycles. The minimum Gasteiger partial charge on any atom is -0.325 e. The summed E-state index contributed by atoms with van der Waals surface area (Å²) in [6, 6.07) is 0. The van der Waals surface area contributed by atoms with Crippen molar-refractivity contribution >= 4 is 0 Å². The zero-order chi connectivity index (χ0) is 11.0. The number of quaternary nitrogens is 1. The highest BCUT2D eigenvalue weighted by atomic mass is 15.3. The van der Waals surface area contributed by atoms with Crippen LogP contribution in [0.4, 0.5) is 0 Å². The van der Waals surface area contributed by atoms with Gasteiger partial charge in [-0.25, -0.2) is 0 Å². The maximum atomic E-state index is 3.83. The Labute approximate surface area is 90.4 Å². The first-order valence-corrected chi connectivity index (χ1v) is 5.98. The first kappa shape index (κ1) is 13.7. The van der Waals surface area contributed by atoms with Crippen LogP contribution in [0.1, 0.15) is 39.5 Å². The number of hydrogen-bond acceptors (Lipinski definition) is 0. The van der Waals surface area contributed by atoms with E-state index in [9.17, 15) is 0 Å². The van der Waals surface area contributed by atoms with Crippen molar-refractivity contribution in [3.63, 3.8) is 0 Å². The second-order valence-electron chi connectivity index (χ2n) is 5.01. The Kier molecular flexibility index (Phi) is 6.90. The monoisotopic (exact) mass is 198 g/mol. The van der Waals surface area contributed by atoms with Crippen molar-refractivity contribution < 1.29 is 4.48 Å². The lowest BCUT2D eigenvalue weighted by atomic mass is 9.98. The summed E-state index contributed by atoms with van der Waals surface area (Å²) in [5.74, 6) is 0.893. The van der Waals surface area contributed by atoms with E-state index < -0.39 is 0 Å². The fourth-order valence-corrected chi connectivity index (χ4v) is 2.04. The molecule has 0 aliphatic heterocycles. The van der Waals surface area contributed by atoms with E-state index in [1.165, 1.54) is 32.2 Å². The lowest BCUT2D eigenvalue weighted by Crippen LogP contribution is -2.43. The molecule has 0 aliphatic carbocycles. The molecule has 0 aromatic carbocycles. The summed E-state index contributed by atoms with van der Waals surface area (Å²) in [6.07, 6.45) is 7.45. The number of hydrogen-bond donors (Lipinski definition) is 0. The lowest BCUT2D eigenvalue weighted by molar-refractivity contribution is -0.888. The molecule has 0 saturated carbocycles. The van der Waals surface area contributed by atoms with E-state index in [1.54, 1.807) is 0 Å². The van der Waals surface area contributed by atoms with E-state index in [-0.39, 0.29) is 0 Å². The fourth-order valence-electron chi connectivity index (χ4n) is 2.04. The lowest BCUT2D eigenvalue weighted by Gasteiger charge is -2.32. The predicted octanol–water partition coefficient (Wildman–Crippen LogP) is 3.47. The smallest absolute Gasteiger partial charge is 0.0967 e. The molecule has 0 radical (unpaired) electrons. The highest BCUT2D eigenvalue weighted by molar-refractivity contribution is 4.66. The Morgan fingerprint density at radius 3 is 2.36 bits per heavy atom. The maximum Gasteiger partial charge on any atom is 0.0967 e. The minimum absolute atomic E-state index is 0.893. The summed E-state index contributed by atoms with van der Waals surface area (Å²) in [5.41, 5.74) is 0. The highest BCUT2D eigenvalue weighted by Gasteiger charge is 2.18. The molecule has 0 aromatic rings. The molecule has 14 heavy (non-hydrogen) atoms. The predicted molar refractivity (Wildman–Crippen MR) is 65.3 cm³/mol. The van der Waals surface area contributed by atoms with Gasteiger partial charge in [-0.15, -0.1) is 0 Å². The number of nitrogens with zero attached hydrogens (tertiary/aromatic N) is 1. The maximum absolute atomic E-state index is 3.83. The molecule has 1 unspecified atom stereocenters. The number of unbranched alkanes of at least 4 members (excludes halogenated alkanes) is 1. The van der Waals surface area contributed by atoms with Gasteiger partial charge in [0.1, 0.15) is 0 Å². The van der Waals surface area contributed by atoms with Gasteiger partial charge in [-0.3, -0.25) is 0 Å². The van der Waals surface area contributed by atoms with E-state index in [0.717, 1.165) is 16.9 Å². The second-order valence-corrected chi connectivity index (χ2v) is 5.01. The van der Waals surface area contributed by atoms with Gasteiger partial charge < -0.3 is 4.48 Å². The Hall–Kier alpha value is -0.300. The van der Waals surface area contributed by atoms with Crippen LogP contribution in [0.5, 0.6) is 0 Å². The molecule has 0 amide bonds. The molecule has 0 aromatic heterocycles. The van der Waals surface area contributed by atoms with Crippen molar-refractivity contribution in [2.45, 2.75) is 39.5 Å². The third-order valence-electron chi connectivity index (χ3n) is 2.92. The van der Waals surface area contributed by atoms with E-state index in [4.69, 9.17) is 0 Å². The summed E-state index contributed by atoms with van der Waals surface area (Å²) in [7, 11) is 4.60. The molecule has 0 aliphatic rings. The van der Waals surface area contributed by atoms with E-state index in [2.05, 4.69) is 34.5 Å². The Balaban J connectivity index is 3.95. The van der Waals surface area contributed by atoms with Gasteiger partial charge in [-0.1, -0.05) is 33.3 Å². The van der Waals surface area contributed by atoms with E-state index in [1.807, 2.05) is 6.08 Å². The van der Waals surface area contributed by atoms with Gasteiger partial charge in [0.25, 0.3) is 0 Å². The van der Waals surface area contributed by atoms with Crippen LogP contribution in [-0.4, -0.2) is 31.7 Å². The van der Waals surface area contributed by atoms with Crippen LogP contribution in [0.2, 0.25) is 0 Å². The molecule has 0 N–H and O–H groups in total. The van der Waals surface area contributed by atoms with Gasteiger partial charge in [0.15, 0.2) is 0 Å². The molecule has 0 spiro atoms. The van der Waals surface area contributed by atoms with Crippen LogP contribution in [0.15, 0.2) is 12.7 Å². The van der Waals surface area contributed by atoms with Gasteiger partial charge in [-0.2, -0.15) is 0 Å². The van der Waals surface area contributed by atoms with E-state index in [0.29, 0.717) is 0 Å². The van der Waals surface area contributed by atoms with Crippen LogP contribution in [0.25, 0.3) is 0 Å². The summed E-state index contributed by atoms with van der Waals surface area (Å²) in [6.45, 7) is 10.8. The molecule has 0 bridgehead atoms. The fraction of sp³-hybridized carbons (Fsp3) is 0.846. The first-order chi connectivity index (χ1) is 6.55. The van der Waals surface area contributed by atoms with Crippen LogP contribution in [0.3, 0.4) is 0 Å². The summed E-state index contributed by atoms with van der Waals surface area (Å²) >= 11 is 0. The summed E-state index contributed by atoms with van der Waals surface area (Å²) in [4.78, 5) is 0. The molecular weight excluding hydrogens is 170 g/mol. The zero-order valence-electron chi connectivity index (χ0n) is 10.6. The average Bonchev–Trinajstić information content (AvgIpc) is 2.12. The normalized spacial score (nSPS) is 14.0. The van der Waals surface area contributed by atoms with Gasteiger partial charge >= 0.3 is 0 Å². The molecule has 0 fully saturated rings. The molecule has 1 heteroatoms. The number of rotatable bonds is 8. The van der Waals surface area contributed by atoms with Crippen molar-refractivity contribution in [3.8, 4) is 0 Å². The molecular formula is C13H28N+. The largest absolute Gasteiger partial charge is 0.325 e. The second kappa shape index (κ2) is 7.05. The van der Waals surface area contributed by atoms with Crippen molar-refractivity contribution in [1.82, 2.24) is 0 Å². The molecule has 84 valence electrons. The topological polar surface area (TPSA) is 0 Å². The van der Waals surface area contributed by atoms with Crippen molar-refractivity contribution in [3.05, 3.63) is 12.7 Å². The quantitative estimate of drug-likeness (QED) is 0.414. The molecule has 0 rings (SSSR count). The molecule has 0 heterocycles. The summed E-state index contributed by atoms with van der Waals surface area (Å²) in [5, 5.41) is 0. The van der Waals surface area contributed by atoms with Gasteiger partial charge in [0.2, 0.25) is 0 Å². The van der Waals surface area contributed by atoms with Crippen LogP contribution < -0.4 is 0 Å². The number of likely N-dealkylation sites (N-methyl/N-ethyl adjacent to an activating group) is 1. The van der Waals surface area contributed by atoms with Gasteiger partial charge in [-0.05, 0) is 18.9 Å². The zero-order valence-corrected chi connectivity index (χ0v) is 10.6. The standard InChI is InChI=1S/C13H28N/c1-6-9-10-13(8-3)12-14(4,5)11-7-2/h7,13H,2,6,8-12H2,1,3-5H3/q+1. The Morgan fingerprint density at radius 2 is 1.93 bits per heavy atom. The highest BCUT2D eigenvalue weighted by Crippen LogP contribution is 2.16. The SMILES string of the molecule is C=CC[N+](C)(C)CC(CC)CCCC. The summed E-state index contributed by atoms with van der Waals surface area (Å²) < 4.78 is 1.09. The third-order valence-corrected chi connectivity index (χ3v) is 2.92. The Morgan fingerprint density at radius 1 is 1.29 bits per heavy atom.